The van der Waals surface area contributed by atoms with Crippen molar-refractivity contribution in [3.63, 3.8) is 0 Å². The lowest BCUT2D eigenvalue weighted by Crippen LogP contribution is -2.08. The number of aromatic nitrogens is 4. The van der Waals surface area contributed by atoms with Gasteiger partial charge < -0.3 is 5.32 Å². The number of anilines is 1. The third kappa shape index (κ3) is 2.92. The Morgan fingerprint density at radius 3 is 2.57 bits per heavy atom. The summed E-state index contributed by atoms with van der Waals surface area (Å²) in [5.74, 6) is 1.64. The molecule has 1 fully saturated rings. The average molecular weight is 309 g/mol. The summed E-state index contributed by atoms with van der Waals surface area (Å²) in [5, 5.41) is 16.1. The lowest BCUT2D eigenvalue weighted by Gasteiger charge is -2.05. The number of rotatable bonds is 4. The van der Waals surface area contributed by atoms with E-state index in [4.69, 9.17) is 0 Å². The fraction of sp³-hybridized carbons (Fsp3) is 0.235. The lowest BCUT2D eigenvalue weighted by molar-refractivity contribution is 0.627. The van der Waals surface area contributed by atoms with Gasteiger partial charge in [0, 0.05) is 18.2 Å². The minimum absolute atomic E-state index is 0.200. The van der Waals surface area contributed by atoms with Gasteiger partial charge in [-0.05, 0) is 49.2 Å². The van der Waals surface area contributed by atoms with Crippen LogP contribution in [-0.4, -0.2) is 26.0 Å². The van der Waals surface area contributed by atoms with E-state index >= 15 is 0 Å². The Kier molecular flexibility index (Phi) is 3.29. The third-order valence-electron chi connectivity index (χ3n) is 4.03. The molecule has 2 atom stereocenters. The standard InChI is InChI=1S/C17H16FN5/c1-11-8-9-23(22-11)17-7-6-16(20-21-17)19-15-10-14(15)12-2-4-13(18)5-3-12/h2-9,14-15H,10H2,1H3,(H,19,20)/t14-,15+/m0/s1. The first-order chi connectivity index (χ1) is 11.2. The largest absolute Gasteiger partial charge is 0.365 e. The maximum atomic E-state index is 13.0. The summed E-state index contributed by atoms with van der Waals surface area (Å²) in [6.45, 7) is 1.93. The van der Waals surface area contributed by atoms with Gasteiger partial charge in [-0.1, -0.05) is 12.1 Å². The van der Waals surface area contributed by atoms with Gasteiger partial charge in [0.2, 0.25) is 0 Å². The van der Waals surface area contributed by atoms with Crippen molar-refractivity contribution in [2.45, 2.75) is 25.3 Å². The number of hydrogen-bond acceptors (Lipinski definition) is 4. The molecule has 1 aromatic carbocycles. The van der Waals surface area contributed by atoms with Gasteiger partial charge in [0.25, 0.3) is 0 Å². The van der Waals surface area contributed by atoms with Crippen molar-refractivity contribution < 1.29 is 4.39 Å². The van der Waals surface area contributed by atoms with Gasteiger partial charge >= 0.3 is 0 Å². The van der Waals surface area contributed by atoms with Gasteiger partial charge in [-0.15, -0.1) is 10.2 Å². The first-order valence-corrected chi connectivity index (χ1v) is 7.57. The Balaban J connectivity index is 1.41. The minimum Gasteiger partial charge on any atom is -0.365 e. The van der Waals surface area contributed by atoms with E-state index < -0.39 is 0 Å². The summed E-state index contributed by atoms with van der Waals surface area (Å²) in [6, 6.07) is 12.7. The number of benzene rings is 1. The molecule has 1 aliphatic rings. The molecule has 0 unspecified atom stereocenters. The van der Waals surface area contributed by atoms with Crippen LogP contribution < -0.4 is 5.32 Å². The first-order valence-electron chi connectivity index (χ1n) is 7.57. The summed E-state index contributed by atoms with van der Waals surface area (Å²) < 4.78 is 14.7. The molecule has 4 rings (SSSR count). The molecule has 1 N–H and O–H groups in total. The fourth-order valence-corrected chi connectivity index (χ4v) is 2.69. The Morgan fingerprint density at radius 2 is 1.91 bits per heavy atom. The highest BCUT2D eigenvalue weighted by Crippen LogP contribution is 2.42. The van der Waals surface area contributed by atoms with E-state index in [0.717, 1.165) is 23.5 Å². The molecule has 1 saturated carbocycles. The number of nitrogens with one attached hydrogen (secondary N) is 1. The molecule has 0 aliphatic heterocycles. The number of nitrogens with zero attached hydrogens (tertiary/aromatic N) is 4. The molecule has 0 bridgehead atoms. The number of halogens is 1. The van der Waals surface area contributed by atoms with Crippen molar-refractivity contribution in [3.05, 3.63) is 65.7 Å². The molecule has 116 valence electrons. The first kappa shape index (κ1) is 13.9. The Bertz CT molecular complexity index is 810. The normalized spacial score (nSPS) is 19.6. The van der Waals surface area contributed by atoms with Crippen molar-refractivity contribution in [1.82, 2.24) is 20.0 Å². The maximum Gasteiger partial charge on any atom is 0.175 e. The number of aryl methyl sites for hydroxylation is 1. The van der Waals surface area contributed by atoms with Crippen LogP contribution in [0.4, 0.5) is 10.2 Å². The predicted molar refractivity (Wildman–Crippen MR) is 85.1 cm³/mol. The maximum absolute atomic E-state index is 13.0. The summed E-state index contributed by atoms with van der Waals surface area (Å²) in [7, 11) is 0. The smallest absolute Gasteiger partial charge is 0.175 e. The topological polar surface area (TPSA) is 55.6 Å². The highest BCUT2D eigenvalue weighted by molar-refractivity contribution is 5.42. The molecule has 6 heteroatoms. The fourth-order valence-electron chi connectivity index (χ4n) is 2.69. The summed E-state index contributed by atoms with van der Waals surface area (Å²) in [4.78, 5) is 0. The van der Waals surface area contributed by atoms with E-state index in [9.17, 15) is 4.39 Å². The van der Waals surface area contributed by atoms with E-state index in [1.807, 2.05) is 43.5 Å². The van der Waals surface area contributed by atoms with Crippen LogP contribution in [0, 0.1) is 12.7 Å². The summed E-state index contributed by atoms with van der Waals surface area (Å²) in [6.07, 6.45) is 2.88. The molecule has 1 aliphatic carbocycles. The van der Waals surface area contributed by atoms with Crippen molar-refractivity contribution in [3.8, 4) is 5.82 Å². The lowest BCUT2D eigenvalue weighted by atomic mass is 10.1. The van der Waals surface area contributed by atoms with E-state index in [1.165, 1.54) is 12.1 Å². The molecule has 23 heavy (non-hydrogen) atoms. The Morgan fingerprint density at radius 1 is 1.09 bits per heavy atom. The Hall–Kier alpha value is -2.76. The minimum atomic E-state index is -0.200. The zero-order valence-corrected chi connectivity index (χ0v) is 12.6. The van der Waals surface area contributed by atoms with Crippen LogP contribution in [0.5, 0.6) is 0 Å². The van der Waals surface area contributed by atoms with Crippen molar-refractivity contribution >= 4 is 5.82 Å². The molecule has 3 aromatic rings. The zero-order valence-electron chi connectivity index (χ0n) is 12.6. The SMILES string of the molecule is Cc1ccn(-c2ccc(N[C@@H]3C[C@H]3c3ccc(F)cc3)nn2)n1. The molecular weight excluding hydrogens is 293 g/mol. The second kappa shape index (κ2) is 5.46. The molecule has 0 spiro atoms. The summed E-state index contributed by atoms with van der Waals surface area (Å²) >= 11 is 0. The average Bonchev–Trinajstić information content (AvgIpc) is 3.18. The van der Waals surface area contributed by atoms with Crippen molar-refractivity contribution in [2.24, 2.45) is 0 Å². The van der Waals surface area contributed by atoms with Crippen LogP contribution in [0.1, 0.15) is 23.6 Å². The van der Waals surface area contributed by atoms with Crippen LogP contribution in [0.2, 0.25) is 0 Å². The van der Waals surface area contributed by atoms with E-state index in [1.54, 1.807) is 4.68 Å². The molecule has 0 amide bonds. The third-order valence-corrected chi connectivity index (χ3v) is 4.03. The molecule has 2 aromatic heterocycles. The number of hydrogen-bond donors (Lipinski definition) is 1. The van der Waals surface area contributed by atoms with Crippen molar-refractivity contribution in [2.75, 3.05) is 5.32 Å². The Labute approximate surface area is 133 Å². The van der Waals surface area contributed by atoms with Crippen LogP contribution in [0.15, 0.2) is 48.7 Å². The van der Waals surface area contributed by atoms with Gasteiger partial charge in [0.1, 0.15) is 11.6 Å². The summed E-state index contributed by atoms with van der Waals surface area (Å²) in [5.41, 5.74) is 2.09. The monoisotopic (exact) mass is 309 g/mol. The van der Waals surface area contributed by atoms with E-state index in [-0.39, 0.29) is 5.82 Å². The molecule has 0 saturated heterocycles. The highest BCUT2D eigenvalue weighted by Gasteiger charge is 2.38. The zero-order chi connectivity index (χ0) is 15.8. The molecular formula is C17H16FN5. The second-order valence-electron chi connectivity index (χ2n) is 5.82. The van der Waals surface area contributed by atoms with Crippen LogP contribution in [0.25, 0.3) is 5.82 Å². The highest BCUT2D eigenvalue weighted by atomic mass is 19.1. The predicted octanol–water partition coefficient (Wildman–Crippen LogP) is 3.08. The van der Waals surface area contributed by atoms with Gasteiger partial charge in [0.15, 0.2) is 5.82 Å². The van der Waals surface area contributed by atoms with Gasteiger partial charge in [-0.25, -0.2) is 9.07 Å². The molecule has 2 heterocycles. The van der Waals surface area contributed by atoms with Crippen LogP contribution in [-0.2, 0) is 0 Å². The van der Waals surface area contributed by atoms with Gasteiger partial charge in [0.05, 0.1) is 5.69 Å². The van der Waals surface area contributed by atoms with Gasteiger partial charge in [-0.3, -0.25) is 0 Å². The van der Waals surface area contributed by atoms with E-state index in [0.29, 0.717) is 17.8 Å². The molecule has 5 nitrogen and oxygen atoms in total. The van der Waals surface area contributed by atoms with Crippen molar-refractivity contribution in [1.29, 1.82) is 0 Å². The van der Waals surface area contributed by atoms with Crippen LogP contribution >= 0.6 is 0 Å². The quantitative estimate of drug-likeness (QED) is 0.804. The van der Waals surface area contributed by atoms with E-state index in [2.05, 4.69) is 20.6 Å². The molecule has 0 radical (unpaired) electrons. The second-order valence-corrected chi connectivity index (χ2v) is 5.82. The van der Waals surface area contributed by atoms with Crippen LogP contribution in [0.3, 0.4) is 0 Å². The van der Waals surface area contributed by atoms with Gasteiger partial charge in [-0.2, -0.15) is 5.10 Å².